The molecule has 0 bridgehead atoms. The van der Waals surface area contributed by atoms with E-state index in [4.69, 9.17) is 0 Å². The van der Waals surface area contributed by atoms with Gasteiger partial charge in [0, 0.05) is 13.1 Å². The fraction of sp³-hybridized carbons (Fsp3) is 0.304. The second-order valence-corrected chi connectivity index (χ2v) is 6.57. The summed E-state index contributed by atoms with van der Waals surface area (Å²) in [7, 11) is 0. The van der Waals surface area contributed by atoms with Gasteiger partial charge in [0.2, 0.25) is 0 Å². The van der Waals surface area contributed by atoms with E-state index in [2.05, 4.69) is 104 Å². The average Bonchev–Trinajstić information content (AvgIpc) is 2.61. The van der Waals surface area contributed by atoms with E-state index in [9.17, 15) is 0 Å². The molecule has 0 unspecified atom stereocenters. The molecule has 126 valence electrons. The van der Waals surface area contributed by atoms with Gasteiger partial charge in [-0.2, -0.15) is 0 Å². The number of benzene rings is 2. The number of nitrogens with zero attached hydrogens (tertiary/aromatic N) is 1. The Balaban J connectivity index is 1.88. The summed E-state index contributed by atoms with van der Waals surface area (Å²) in [6.45, 7) is 7.69. The monoisotopic (exact) mass is 319 g/mol. The lowest BCUT2D eigenvalue weighted by molar-refractivity contribution is 0.311. The minimum atomic E-state index is 0.740. The predicted molar refractivity (Wildman–Crippen MR) is 107 cm³/mol. The molecule has 2 rings (SSSR count). The van der Waals surface area contributed by atoms with E-state index in [1.165, 1.54) is 17.5 Å². The smallest absolute Gasteiger partial charge is 0.0169 e. The third kappa shape index (κ3) is 7.43. The van der Waals surface area contributed by atoms with Crippen molar-refractivity contribution < 1.29 is 0 Å². The Morgan fingerprint density at radius 2 is 1.21 bits per heavy atom. The zero-order chi connectivity index (χ0) is 17.0. The van der Waals surface area contributed by atoms with Crippen LogP contribution in [0.15, 0.2) is 72.8 Å². The highest BCUT2D eigenvalue weighted by Gasteiger charge is 2.02. The van der Waals surface area contributed by atoms with Crippen molar-refractivity contribution in [3.8, 4) is 0 Å². The minimum absolute atomic E-state index is 0.740. The maximum atomic E-state index is 2.50. The Bertz CT molecular complexity index is 559. The van der Waals surface area contributed by atoms with Crippen LogP contribution in [-0.4, -0.2) is 24.5 Å². The van der Waals surface area contributed by atoms with Gasteiger partial charge in [-0.1, -0.05) is 98.8 Å². The minimum Gasteiger partial charge on any atom is -0.296 e. The summed E-state index contributed by atoms with van der Waals surface area (Å²) in [4.78, 5) is 2.50. The van der Waals surface area contributed by atoms with Gasteiger partial charge in [0.1, 0.15) is 0 Å². The van der Waals surface area contributed by atoms with Crippen molar-refractivity contribution >= 4 is 12.2 Å². The fourth-order valence-electron chi connectivity index (χ4n) is 2.50. The van der Waals surface area contributed by atoms with Crippen LogP contribution in [0, 0.1) is 5.92 Å². The van der Waals surface area contributed by atoms with Crippen molar-refractivity contribution in [3.05, 3.63) is 83.9 Å². The number of rotatable bonds is 9. The predicted octanol–water partition coefficient (Wildman–Crippen LogP) is 5.76. The summed E-state index contributed by atoms with van der Waals surface area (Å²) in [6.07, 6.45) is 10.2. The van der Waals surface area contributed by atoms with Crippen LogP contribution in [0.2, 0.25) is 0 Å². The van der Waals surface area contributed by atoms with E-state index >= 15 is 0 Å². The third-order valence-corrected chi connectivity index (χ3v) is 3.97. The van der Waals surface area contributed by atoms with Gasteiger partial charge in [-0.05, 0) is 30.0 Å². The van der Waals surface area contributed by atoms with Gasteiger partial charge in [0.25, 0.3) is 0 Å². The highest BCUT2D eigenvalue weighted by atomic mass is 15.1. The van der Waals surface area contributed by atoms with E-state index < -0.39 is 0 Å². The fourth-order valence-corrected chi connectivity index (χ4v) is 2.50. The summed E-state index contributed by atoms with van der Waals surface area (Å²) < 4.78 is 0. The number of hydrogen-bond acceptors (Lipinski definition) is 1. The quantitative estimate of drug-likeness (QED) is 0.568. The lowest BCUT2D eigenvalue weighted by Crippen LogP contribution is -2.26. The molecular formula is C23H29N. The van der Waals surface area contributed by atoms with Crippen LogP contribution in [-0.2, 0) is 0 Å². The van der Waals surface area contributed by atoms with Gasteiger partial charge in [-0.15, -0.1) is 0 Å². The van der Waals surface area contributed by atoms with Crippen molar-refractivity contribution in [2.24, 2.45) is 5.92 Å². The molecule has 0 aliphatic carbocycles. The zero-order valence-electron chi connectivity index (χ0n) is 14.9. The van der Waals surface area contributed by atoms with Crippen LogP contribution in [0.1, 0.15) is 31.4 Å². The first-order valence-electron chi connectivity index (χ1n) is 8.89. The summed E-state index contributed by atoms with van der Waals surface area (Å²) in [5.74, 6) is 0.740. The van der Waals surface area contributed by atoms with Gasteiger partial charge < -0.3 is 0 Å². The first-order valence-corrected chi connectivity index (χ1v) is 8.89. The molecule has 0 aromatic heterocycles. The Kier molecular flexibility index (Phi) is 8.06. The molecule has 0 aliphatic heterocycles. The van der Waals surface area contributed by atoms with E-state index in [0.29, 0.717) is 0 Å². The summed E-state index contributed by atoms with van der Waals surface area (Å²) >= 11 is 0. The molecule has 2 aromatic rings. The molecule has 1 nitrogen and oxygen atoms in total. The average molecular weight is 319 g/mol. The van der Waals surface area contributed by atoms with Crippen LogP contribution < -0.4 is 0 Å². The molecule has 0 fully saturated rings. The normalized spacial score (nSPS) is 12.0. The summed E-state index contributed by atoms with van der Waals surface area (Å²) in [5.41, 5.74) is 2.53. The Hall–Kier alpha value is -2.12. The van der Waals surface area contributed by atoms with E-state index in [1.807, 2.05) is 0 Å². The van der Waals surface area contributed by atoms with E-state index in [0.717, 1.165) is 25.6 Å². The second kappa shape index (κ2) is 10.6. The molecular weight excluding hydrogens is 290 g/mol. The molecule has 0 radical (unpaired) electrons. The van der Waals surface area contributed by atoms with Gasteiger partial charge in [0.05, 0.1) is 0 Å². The van der Waals surface area contributed by atoms with Gasteiger partial charge in [-0.25, -0.2) is 0 Å². The van der Waals surface area contributed by atoms with Crippen molar-refractivity contribution in [1.29, 1.82) is 0 Å². The lowest BCUT2D eigenvalue weighted by Gasteiger charge is -2.20. The second-order valence-electron chi connectivity index (χ2n) is 6.57. The molecule has 0 atom stereocenters. The molecule has 0 amide bonds. The Morgan fingerprint density at radius 3 is 1.62 bits per heavy atom. The van der Waals surface area contributed by atoms with Crippen molar-refractivity contribution in [3.63, 3.8) is 0 Å². The molecule has 0 N–H and O–H groups in total. The van der Waals surface area contributed by atoms with Crippen LogP contribution in [0.4, 0.5) is 0 Å². The molecule has 24 heavy (non-hydrogen) atoms. The molecule has 2 aromatic carbocycles. The summed E-state index contributed by atoms with van der Waals surface area (Å²) in [5, 5.41) is 0. The van der Waals surface area contributed by atoms with Crippen LogP contribution in [0.5, 0.6) is 0 Å². The van der Waals surface area contributed by atoms with Gasteiger partial charge in [-0.3, -0.25) is 4.90 Å². The van der Waals surface area contributed by atoms with Crippen molar-refractivity contribution in [1.82, 2.24) is 4.90 Å². The highest BCUT2D eigenvalue weighted by Crippen LogP contribution is 2.06. The topological polar surface area (TPSA) is 3.24 Å². The van der Waals surface area contributed by atoms with Crippen molar-refractivity contribution in [2.75, 3.05) is 19.6 Å². The molecule has 0 saturated heterocycles. The Morgan fingerprint density at radius 1 is 0.750 bits per heavy atom. The first-order chi connectivity index (χ1) is 11.7. The lowest BCUT2D eigenvalue weighted by atomic mass is 10.1. The summed E-state index contributed by atoms with van der Waals surface area (Å²) in [6, 6.07) is 21.0. The van der Waals surface area contributed by atoms with Gasteiger partial charge >= 0.3 is 0 Å². The van der Waals surface area contributed by atoms with Crippen LogP contribution >= 0.6 is 0 Å². The van der Waals surface area contributed by atoms with E-state index in [1.54, 1.807) is 0 Å². The molecule has 0 aliphatic rings. The standard InChI is InChI=1S/C23H29N/c1-21(2)17-20-24(18-9-15-22-11-5-3-6-12-22)19-10-16-23-13-7-4-8-14-23/h3-16,21H,17-20H2,1-2H3. The van der Waals surface area contributed by atoms with E-state index in [-0.39, 0.29) is 0 Å². The molecule has 0 saturated carbocycles. The SMILES string of the molecule is CC(C)CCN(CC=Cc1ccccc1)CC=Cc1ccccc1. The maximum absolute atomic E-state index is 2.50. The Labute approximate surface area is 147 Å². The largest absolute Gasteiger partial charge is 0.296 e. The molecule has 1 heteroatoms. The van der Waals surface area contributed by atoms with Gasteiger partial charge in [0.15, 0.2) is 0 Å². The molecule has 0 spiro atoms. The number of hydrogen-bond donors (Lipinski definition) is 0. The third-order valence-electron chi connectivity index (χ3n) is 3.97. The first kappa shape index (κ1) is 18.2. The van der Waals surface area contributed by atoms with Crippen molar-refractivity contribution in [2.45, 2.75) is 20.3 Å². The van der Waals surface area contributed by atoms with Crippen LogP contribution in [0.3, 0.4) is 0 Å². The maximum Gasteiger partial charge on any atom is 0.0169 e. The van der Waals surface area contributed by atoms with Crippen LogP contribution in [0.25, 0.3) is 12.2 Å². The highest BCUT2D eigenvalue weighted by molar-refractivity contribution is 5.49. The molecule has 0 heterocycles. The zero-order valence-corrected chi connectivity index (χ0v) is 14.9.